The molecular weight excluding hydrogens is 304 g/mol. The molecule has 0 amide bonds. The number of hydrogen-bond acceptors (Lipinski definition) is 2. The number of Topliss-reactive ketones (excluding diaryl/α,β-unsaturated/α-hetero) is 1. The molecular formula is C16H15BrO2. The van der Waals surface area contributed by atoms with Crippen molar-refractivity contribution in [2.24, 2.45) is 0 Å². The lowest BCUT2D eigenvalue weighted by Gasteiger charge is -2.11. The zero-order chi connectivity index (χ0) is 13.8. The lowest BCUT2D eigenvalue weighted by Crippen LogP contribution is -2.09. The number of rotatable bonds is 4. The predicted molar refractivity (Wildman–Crippen MR) is 79.9 cm³/mol. The molecule has 0 fully saturated rings. The van der Waals surface area contributed by atoms with Crippen molar-refractivity contribution in [2.75, 3.05) is 7.11 Å². The SMILES string of the molecule is COc1ccc(C(=O)C(C)c2ccc(Br)cc2)cc1. The van der Waals surface area contributed by atoms with Crippen molar-refractivity contribution in [3.63, 3.8) is 0 Å². The van der Waals surface area contributed by atoms with Crippen LogP contribution in [0, 0.1) is 0 Å². The Kier molecular flexibility index (Phi) is 4.38. The number of carbonyl (C=O) groups excluding carboxylic acids is 1. The average molecular weight is 319 g/mol. The summed E-state index contributed by atoms with van der Waals surface area (Å²) in [6.07, 6.45) is 0. The maximum Gasteiger partial charge on any atom is 0.170 e. The van der Waals surface area contributed by atoms with Crippen LogP contribution in [0.4, 0.5) is 0 Å². The van der Waals surface area contributed by atoms with Crippen LogP contribution >= 0.6 is 15.9 Å². The summed E-state index contributed by atoms with van der Waals surface area (Å²) in [6, 6.07) is 15.1. The first-order valence-corrected chi connectivity index (χ1v) is 6.85. The minimum atomic E-state index is -0.151. The van der Waals surface area contributed by atoms with Gasteiger partial charge in [-0.1, -0.05) is 35.0 Å². The first kappa shape index (κ1) is 13.8. The summed E-state index contributed by atoms with van der Waals surface area (Å²) >= 11 is 3.39. The van der Waals surface area contributed by atoms with Crippen molar-refractivity contribution >= 4 is 21.7 Å². The topological polar surface area (TPSA) is 26.3 Å². The second kappa shape index (κ2) is 6.02. The molecule has 3 heteroatoms. The van der Waals surface area contributed by atoms with Crippen molar-refractivity contribution in [3.8, 4) is 5.75 Å². The van der Waals surface area contributed by atoms with Gasteiger partial charge in [-0.15, -0.1) is 0 Å². The molecule has 19 heavy (non-hydrogen) atoms. The first-order valence-electron chi connectivity index (χ1n) is 6.05. The molecule has 0 radical (unpaired) electrons. The molecule has 0 bridgehead atoms. The summed E-state index contributed by atoms with van der Waals surface area (Å²) in [4.78, 5) is 12.4. The van der Waals surface area contributed by atoms with Crippen LogP contribution in [0.3, 0.4) is 0 Å². The molecule has 0 aromatic heterocycles. The van der Waals surface area contributed by atoms with Gasteiger partial charge in [-0.25, -0.2) is 0 Å². The molecule has 1 unspecified atom stereocenters. The Balaban J connectivity index is 2.20. The van der Waals surface area contributed by atoms with E-state index in [9.17, 15) is 4.79 Å². The Morgan fingerprint density at radius 3 is 2.16 bits per heavy atom. The minimum absolute atomic E-state index is 0.116. The van der Waals surface area contributed by atoms with E-state index in [0.717, 1.165) is 15.8 Å². The summed E-state index contributed by atoms with van der Waals surface area (Å²) < 4.78 is 6.10. The Hall–Kier alpha value is -1.61. The highest BCUT2D eigenvalue weighted by molar-refractivity contribution is 9.10. The Labute approximate surface area is 121 Å². The fourth-order valence-corrected chi connectivity index (χ4v) is 2.17. The molecule has 0 aliphatic rings. The molecule has 2 nitrogen and oxygen atoms in total. The van der Waals surface area contributed by atoms with Gasteiger partial charge in [0.25, 0.3) is 0 Å². The van der Waals surface area contributed by atoms with E-state index >= 15 is 0 Å². The van der Waals surface area contributed by atoms with E-state index in [2.05, 4.69) is 15.9 Å². The Bertz CT molecular complexity index is 558. The third kappa shape index (κ3) is 3.24. The number of benzene rings is 2. The molecule has 98 valence electrons. The van der Waals surface area contributed by atoms with Gasteiger partial charge in [-0.3, -0.25) is 4.79 Å². The highest BCUT2D eigenvalue weighted by Gasteiger charge is 2.16. The van der Waals surface area contributed by atoms with Gasteiger partial charge in [0.15, 0.2) is 5.78 Å². The molecule has 0 spiro atoms. The van der Waals surface area contributed by atoms with E-state index < -0.39 is 0 Å². The number of hydrogen-bond donors (Lipinski definition) is 0. The number of carbonyl (C=O) groups is 1. The van der Waals surface area contributed by atoms with E-state index in [-0.39, 0.29) is 11.7 Å². The standard InChI is InChI=1S/C16H15BrO2/c1-11(12-3-7-14(17)8-4-12)16(18)13-5-9-15(19-2)10-6-13/h3-11H,1-2H3. The Morgan fingerprint density at radius 2 is 1.63 bits per heavy atom. The van der Waals surface area contributed by atoms with Gasteiger partial charge >= 0.3 is 0 Å². The maximum absolute atomic E-state index is 12.4. The van der Waals surface area contributed by atoms with Gasteiger partial charge in [-0.2, -0.15) is 0 Å². The molecule has 2 rings (SSSR count). The quantitative estimate of drug-likeness (QED) is 0.779. The lowest BCUT2D eigenvalue weighted by atomic mass is 9.92. The highest BCUT2D eigenvalue weighted by atomic mass is 79.9. The molecule has 0 aliphatic carbocycles. The van der Waals surface area contributed by atoms with Gasteiger partial charge in [0.2, 0.25) is 0 Å². The summed E-state index contributed by atoms with van der Waals surface area (Å²) in [5.74, 6) is 0.722. The molecule has 1 atom stereocenters. The molecule has 0 saturated heterocycles. The highest BCUT2D eigenvalue weighted by Crippen LogP contribution is 2.23. The smallest absolute Gasteiger partial charge is 0.170 e. The van der Waals surface area contributed by atoms with Crippen molar-refractivity contribution in [2.45, 2.75) is 12.8 Å². The van der Waals surface area contributed by atoms with E-state index in [1.807, 2.05) is 43.3 Å². The third-order valence-electron chi connectivity index (χ3n) is 3.14. The monoisotopic (exact) mass is 318 g/mol. The zero-order valence-electron chi connectivity index (χ0n) is 10.9. The molecule has 0 saturated carbocycles. The van der Waals surface area contributed by atoms with E-state index in [1.54, 1.807) is 19.2 Å². The molecule has 0 aliphatic heterocycles. The van der Waals surface area contributed by atoms with Crippen LogP contribution in [-0.4, -0.2) is 12.9 Å². The third-order valence-corrected chi connectivity index (χ3v) is 3.67. The van der Waals surface area contributed by atoms with Crippen LogP contribution in [0.5, 0.6) is 5.75 Å². The van der Waals surface area contributed by atoms with E-state index in [0.29, 0.717) is 5.56 Å². The molecule has 2 aromatic rings. The van der Waals surface area contributed by atoms with Crippen LogP contribution in [0.15, 0.2) is 53.0 Å². The average Bonchev–Trinajstić information content (AvgIpc) is 2.46. The predicted octanol–water partition coefficient (Wildman–Crippen LogP) is 4.44. The number of ether oxygens (including phenoxy) is 1. The molecule has 2 aromatic carbocycles. The van der Waals surface area contributed by atoms with Crippen molar-refractivity contribution < 1.29 is 9.53 Å². The van der Waals surface area contributed by atoms with E-state index in [1.165, 1.54) is 0 Å². The van der Waals surface area contributed by atoms with Crippen molar-refractivity contribution in [1.29, 1.82) is 0 Å². The fraction of sp³-hybridized carbons (Fsp3) is 0.188. The van der Waals surface area contributed by atoms with Crippen LogP contribution in [-0.2, 0) is 0 Å². The van der Waals surface area contributed by atoms with Gasteiger partial charge in [0, 0.05) is 16.0 Å². The van der Waals surface area contributed by atoms with Crippen LogP contribution < -0.4 is 4.74 Å². The second-order valence-corrected chi connectivity index (χ2v) is 5.28. The number of methoxy groups -OCH3 is 1. The largest absolute Gasteiger partial charge is 0.497 e. The van der Waals surface area contributed by atoms with Crippen LogP contribution in [0.25, 0.3) is 0 Å². The normalized spacial score (nSPS) is 11.9. The Morgan fingerprint density at radius 1 is 1.05 bits per heavy atom. The molecule has 0 heterocycles. The minimum Gasteiger partial charge on any atom is -0.497 e. The van der Waals surface area contributed by atoms with E-state index in [4.69, 9.17) is 4.74 Å². The van der Waals surface area contributed by atoms with Crippen molar-refractivity contribution in [1.82, 2.24) is 0 Å². The van der Waals surface area contributed by atoms with Gasteiger partial charge in [0.1, 0.15) is 5.75 Å². The van der Waals surface area contributed by atoms with Gasteiger partial charge in [0.05, 0.1) is 7.11 Å². The van der Waals surface area contributed by atoms with Crippen molar-refractivity contribution in [3.05, 3.63) is 64.1 Å². The molecule has 0 N–H and O–H groups in total. The number of halogens is 1. The summed E-state index contributed by atoms with van der Waals surface area (Å²) in [5.41, 5.74) is 1.72. The van der Waals surface area contributed by atoms with Crippen LogP contribution in [0.2, 0.25) is 0 Å². The van der Waals surface area contributed by atoms with Gasteiger partial charge < -0.3 is 4.74 Å². The first-order chi connectivity index (χ1) is 9.11. The second-order valence-electron chi connectivity index (χ2n) is 4.37. The van der Waals surface area contributed by atoms with Crippen LogP contribution in [0.1, 0.15) is 28.8 Å². The fourth-order valence-electron chi connectivity index (χ4n) is 1.91. The summed E-state index contributed by atoms with van der Waals surface area (Å²) in [7, 11) is 1.61. The maximum atomic E-state index is 12.4. The zero-order valence-corrected chi connectivity index (χ0v) is 12.5. The summed E-state index contributed by atoms with van der Waals surface area (Å²) in [6.45, 7) is 1.93. The number of ketones is 1. The lowest BCUT2D eigenvalue weighted by molar-refractivity contribution is 0.0966. The van der Waals surface area contributed by atoms with Gasteiger partial charge in [-0.05, 0) is 42.0 Å². The summed E-state index contributed by atoms with van der Waals surface area (Å²) in [5, 5.41) is 0.